The predicted octanol–water partition coefficient (Wildman–Crippen LogP) is 4.74. The topological polar surface area (TPSA) is 69.3 Å². The highest BCUT2D eigenvalue weighted by molar-refractivity contribution is 7.99. The second-order valence-corrected chi connectivity index (χ2v) is 8.85. The number of ketones is 1. The van der Waals surface area contributed by atoms with Gasteiger partial charge < -0.3 is 0 Å². The minimum Gasteiger partial charge on any atom is -0.293 e. The van der Waals surface area contributed by atoms with Crippen LogP contribution in [0.2, 0.25) is 0 Å². The number of nitrogens with zero attached hydrogens (tertiary/aromatic N) is 4. The molecule has 0 saturated carbocycles. The molecule has 160 valence electrons. The summed E-state index contributed by atoms with van der Waals surface area (Å²) < 4.78 is 3.59. The average molecular weight is 435 g/mol. The van der Waals surface area contributed by atoms with E-state index in [1.807, 2.05) is 48.6 Å². The van der Waals surface area contributed by atoms with Gasteiger partial charge in [0.1, 0.15) is 0 Å². The van der Waals surface area contributed by atoms with Crippen LogP contribution in [0.15, 0.2) is 46.3 Å². The average Bonchev–Trinajstić information content (AvgIpc) is 3.18. The fourth-order valence-corrected chi connectivity index (χ4v) is 4.64. The number of carbonyl (C=O) groups is 1. The van der Waals surface area contributed by atoms with Crippen molar-refractivity contribution in [2.45, 2.75) is 52.2 Å². The smallest absolute Gasteiger partial charge is 0.262 e. The number of thioether (sulfide) groups is 1. The van der Waals surface area contributed by atoms with Gasteiger partial charge in [-0.1, -0.05) is 43.3 Å². The highest BCUT2D eigenvalue weighted by Gasteiger charge is 2.18. The molecule has 2 heterocycles. The first-order chi connectivity index (χ1) is 14.9. The molecular weight excluding hydrogens is 408 g/mol. The molecule has 7 heteroatoms. The monoisotopic (exact) mass is 434 g/mol. The Morgan fingerprint density at radius 1 is 1.03 bits per heavy atom. The largest absolute Gasteiger partial charge is 0.293 e. The molecule has 0 unspecified atom stereocenters. The normalized spacial score (nSPS) is 11.5. The van der Waals surface area contributed by atoms with Crippen LogP contribution >= 0.6 is 11.8 Å². The van der Waals surface area contributed by atoms with E-state index in [4.69, 9.17) is 0 Å². The molecule has 0 saturated heterocycles. The van der Waals surface area contributed by atoms with Crippen LogP contribution in [0.25, 0.3) is 16.7 Å². The van der Waals surface area contributed by atoms with Crippen LogP contribution in [0.1, 0.15) is 46.8 Å². The molecule has 0 aliphatic carbocycles. The molecule has 0 aliphatic rings. The van der Waals surface area contributed by atoms with Gasteiger partial charge in [-0.25, -0.2) is 0 Å². The van der Waals surface area contributed by atoms with Gasteiger partial charge in [0.25, 0.3) is 5.56 Å². The summed E-state index contributed by atoms with van der Waals surface area (Å²) >= 11 is 1.36. The Labute approximate surface area is 185 Å². The zero-order chi connectivity index (χ0) is 22.1. The van der Waals surface area contributed by atoms with Gasteiger partial charge >= 0.3 is 0 Å². The number of rotatable bonds is 7. The number of aromatic nitrogens is 4. The minimum atomic E-state index is -0.0534. The van der Waals surface area contributed by atoms with Gasteiger partial charge in [0, 0.05) is 12.1 Å². The Balaban J connectivity index is 1.74. The quantitative estimate of drug-likeness (QED) is 0.310. The van der Waals surface area contributed by atoms with Crippen molar-refractivity contribution >= 4 is 34.2 Å². The highest BCUT2D eigenvalue weighted by atomic mass is 32.2. The van der Waals surface area contributed by atoms with Gasteiger partial charge in [-0.2, -0.15) is 0 Å². The van der Waals surface area contributed by atoms with Gasteiger partial charge in [-0.05, 0) is 62.1 Å². The summed E-state index contributed by atoms with van der Waals surface area (Å²) in [5, 5.41) is 9.90. The molecule has 0 spiro atoms. The second kappa shape index (κ2) is 8.67. The predicted molar refractivity (Wildman–Crippen MR) is 125 cm³/mol. The Bertz CT molecular complexity index is 1350. The van der Waals surface area contributed by atoms with Crippen LogP contribution in [-0.4, -0.2) is 30.7 Å². The summed E-state index contributed by atoms with van der Waals surface area (Å²) in [5.41, 5.74) is 4.73. The molecule has 31 heavy (non-hydrogen) atoms. The van der Waals surface area contributed by atoms with E-state index in [0.717, 1.165) is 35.0 Å². The molecule has 0 atom stereocenters. The maximum Gasteiger partial charge on any atom is 0.262 e. The van der Waals surface area contributed by atoms with Crippen LogP contribution in [-0.2, 0) is 6.54 Å². The van der Waals surface area contributed by atoms with E-state index in [2.05, 4.69) is 30.1 Å². The number of Topliss-reactive ketones (excluding diaryl/α,β-unsaturated/α-hetero) is 1. The summed E-state index contributed by atoms with van der Waals surface area (Å²) in [6.07, 6.45) is 1.86. The van der Waals surface area contributed by atoms with E-state index in [9.17, 15) is 9.59 Å². The second-order valence-electron chi connectivity index (χ2n) is 7.91. The lowest BCUT2D eigenvalue weighted by atomic mass is 9.99. The number of carbonyl (C=O) groups excluding carboxylic acids is 1. The number of hydrogen-bond acceptors (Lipinski definition) is 5. The lowest BCUT2D eigenvalue weighted by Crippen LogP contribution is -2.23. The van der Waals surface area contributed by atoms with E-state index >= 15 is 0 Å². The van der Waals surface area contributed by atoms with Crippen LogP contribution < -0.4 is 5.56 Å². The summed E-state index contributed by atoms with van der Waals surface area (Å²) in [6, 6.07) is 11.5. The Hall–Kier alpha value is -2.93. The molecule has 0 aliphatic heterocycles. The lowest BCUT2D eigenvalue weighted by Gasteiger charge is -2.11. The summed E-state index contributed by atoms with van der Waals surface area (Å²) in [5.74, 6) is 0.840. The summed E-state index contributed by atoms with van der Waals surface area (Å²) in [7, 11) is 0. The number of hydrogen-bond donors (Lipinski definition) is 0. The van der Waals surface area contributed by atoms with E-state index in [0.29, 0.717) is 22.9 Å². The highest BCUT2D eigenvalue weighted by Crippen LogP contribution is 2.24. The van der Waals surface area contributed by atoms with Crippen molar-refractivity contribution in [1.29, 1.82) is 0 Å². The third-order valence-corrected chi connectivity index (χ3v) is 6.62. The summed E-state index contributed by atoms with van der Waals surface area (Å²) in [4.78, 5) is 26.0. The zero-order valence-electron chi connectivity index (χ0n) is 18.3. The molecule has 2 aromatic heterocycles. The van der Waals surface area contributed by atoms with E-state index in [1.54, 1.807) is 4.57 Å². The number of para-hydroxylation sites is 1. The fourth-order valence-electron chi connectivity index (χ4n) is 3.81. The van der Waals surface area contributed by atoms with Crippen molar-refractivity contribution in [3.8, 4) is 0 Å². The fraction of sp³-hybridized carbons (Fsp3) is 0.333. The standard InChI is InChI=1S/C24H26N4O2S/c1-5-6-11-27-22(30)18-9-7-8-10-20(18)28-23(27)25-26-24(28)31-14-21(29)19-13-16(3)15(2)12-17(19)4/h7-10,12-13H,5-6,11,14H2,1-4H3. The van der Waals surface area contributed by atoms with Crippen molar-refractivity contribution in [2.24, 2.45) is 0 Å². The van der Waals surface area contributed by atoms with E-state index < -0.39 is 0 Å². The molecule has 4 rings (SSSR count). The van der Waals surface area contributed by atoms with Crippen LogP contribution in [0.5, 0.6) is 0 Å². The number of aryl methyl sites for hydroxylation is 4. The minimum absolute atomic E-state index is 0.0534. The number of fused-ring (bicyclic) bond motifs is 3. The van der Waals surface area contributed by atoms with Gasteiger partial charge in [-0.3, -0.25) is 18.6 Å². The Kier molecular flexibility index (Phi) is 5.96. The first-order valence-corrected chi connectivity index (χ1v) is 11.5. The first-order valence-electron chi connectivity index (χ1n) is 10.5. The van der Waals surface area contributed by atoms with Gasteiger partial charge in [-0.15, -0.1) is 10.2 Å². The van der Waals surface area contributed by atoms with Gasteiger partial charge in [0.2, 0.25) is 5.78 Å². The first kappa shape index (κ1) is 21.3. The van der Waals surface area contributed by atoms with Crippen molar-refractivity contribution in [3.63, 3.8) is 0 Å². The van der Waals surface area contributed by atoms with Crippen LogP contribution in [0, 0.1) is 20.8 Å². The van der Waals surface area contributed by atoms with Crippen molar-refractivity contribution in [1.82, 2.24) is 19.2 Å². The molecule has 2 aromatic carbocycles. The van der Waals surface area contributed by atoms with Crippen molar-refractivity contribution < 1.29 is 4.79 Å². The zero-order valence-corrected chi connectivity index (χ0v) is 19.1. The van der Waals surface area contributed by atoms with Gasteiger partial charge in [0.05, 0.1) is 16.7 Å². The third-order valence-electron chi connectivity index (χ3n) is 5.69. The third kappa shape index (κ3) is 3.90. The van der Waals surface area contributed by atoms with E-state index in [1.165, 1.54) is 17.3 Å². The van der Waals surface area contributed by atoms with Crippen LogP contribution in [0.3, 0.4) is 0 Å². The molecule has 0 radical (unpaired) electrons. The van der Waals surface area contributed by atoms with Crippen LogP contribution in [0.4, 0.5) is 0 Å². The molecule has 0 bridgehead atoms. The van der Waals surface area contributed by atoms with E-state index in [-0.39, 0.29) is 17.1 Å². The molecule has 0 amide bonds. The Morgan fingerprint density at radius 2 is 1.77 bits per heavy atom. The maximum atomic E-state index is 13.0. The molecular formula is C24H26N4O2S. The number of unbranched alkanes of at least 4 members (excludes halogenated alkanes) is 1. The Morgan fingerprint density at radius 3 is 2.55 bits per heavy atom. The van der Waals surface area contributed by atoms with Gasteiger partial charge in [0.15, 0.2) is 10.9 Å². The molecule has 0 fully saturated rings. The summed E-state index contributed by atoms with van der Waals surface area (Å²) in [6.45, 7) is 8.72. The maximum absolute atomic E-state index is 13.0. The molecule has 6 nitrogen and oxygen atoms in total. The van der Waals surface area contributed by atoms with Crippen molar-refractivity contribution in [2.75, 3.05) is 5.75 Å². The SMILES string of the molecule is CCCCn1c(=O)c2ccccc2n2c(SCC(=O)c3cc(C)c(C)cc3C)nnc12. The molecule has 4 aromatic rings. The number of benzene rings is 2. The lowest BCUT2D eigenvalue weighted by molar-refractivity contribution is 0.102. The van der Waals surface area contributed by atoms with Crippen molar-refractivity contribution in [3.05, 3.63) is 69.0 Å². The molecule has 0 N–H and O–H groups in total.